The second kappa shape index (κ2) is 11.3. The molecule has 0 aliphatic rings. The Labute approximate surface area is 181 Å². The molecule has 0 saturated heterocycles. The Kier molecular flexibility index (Phi) is 9.87. The first-order valence-electron chi connectivity index (χ1n) is 9.35. The lowest BCUT2D eigenvalue weighted by Crippen LogP contribution is -2.52. The molecular formula is C21H34IN5. The number of hydrogen-bond donors (Lipinski definition) is 3. The zero-order chi connectivity index (χ0) is 19.0. The van der Waals surface area contributed by atoms with Gasteiger partial charge in [-0.15, -0.1) is 24.0 Å². The Bertz CT molecular complexity index is 694. The van der Waals surface area contributed by atoms with Gasteiger partial charge in [0.15, 0.2) is 5.96 Å². The fraction of sp³-hybridized carbons (Fsp3) is 0.476. The smallest absolute Gasteiger partial charge is 0.191 e. The highest BCUT2D eigenvalue weighted by molar-refractivity contribution is 14.0. The molecule has 1 unspecified atom stereocenters. The van der Waals surface area contributed by atoms with Gasteiger partial charge in [0.05, 0.1) is 6.54 Å². The van der Waals surface area contributed by atoms with Crippen molar-refractivity contribution in [1.29, 1.82) is 0 Å². The molecule has 2 aromatic rings. The predicted octanol–water partition coefficient (Wildman–Crippen LogP) is 3.83. The molecule has 1 heterocycles. The van der Waals surface area contributed by atoms with Crippen LogP contribution in [0.5, 0.6) is 0 Å². The molecule has 0 amide bonds. The fourth-order valence-electron chi connectivity index (χ4n) is 2.93. The molecule has 0 bridgehead atoms. The van der Waals surface area contributed by atoms with Crippen molar-refractivity contribution in [1.82, 2.24) is 20.5 Å². The van der Waals surface area contributed by atoms with Gasteiger partial charge in [0.1, 0.15) is 0 Å². The van der Waals surface area contributed by atoms with Crippen LogP contribution in [0, 0.1) is 0 Å². The van der Waals surface area contributed by atoms with Crippen molar-refractivity contribution in [3.63, 3.8) is 0 Å². The van der Waals surface area contributed by atoms with Gasteiger partial charge in [-0.1, -0.05) is 30.3 Å². The van der Waals surface area contributed by atoms with Crippen molar-refractivity contribution < 1.29 is 0 Å². The van der Waals surface area contributed by atoms with Gasteiger partial charge in [-0.3, -0.25) is 0 Å². The van der Waals surface area contributed by atoms with E-state index in [0.717, 1.165) is 19.0 Å². The summed E-state index contributed by atoms with van der Waals surface area (Å²) >= 11 is 0. The summed E-state index contributed by atoms with van der Waals surface area (Å²) in [5.74, 6) is 0.846. The maximum absolute atomic E-state index is 4.69. The molecule has 0 fully saturated rings. The summed E-state index contributed by atoms with van der Waals surface area (Å²) in [6, 6.07) is 12.9. The van der Waals surface area contributed by atoms with Crippen molar-refractivity contribution in [2.75, 3.05) is 13.1 Å². The number of rotatable bonds is 8. The zero-order valence-corrected chi connectivity index (χ0v) is 19.5. The summed E-state index contributed by atoms with van der Waals surface area (Å²) in [6.45, 7) is 11.0. The summed E-state index contributed by atoms with van der Waals surface area (Å²) < 4.78 is 2.04. The van der Waals surface area contributed by atoms with Gasteiger partial charge in [0, 0.05) is 44.1 Å². The van der Waals surface area contributed by atoms with Crippen LogP contribution in [0.4, 0.5) is 0 Å². The lowest BCUT2D eigenvalue weighted by atomic mass is 10.0. The quantitative estimate of drug-likeness (QED) is 0.304. The van der Waals surface area contributed by atoms with Gasteiger partial charge in [0.25, 0.3) is 0 Å². The van der Waals surface area contributed by atoms with E-state index in [-0.39, 0.29) is 35.6 Å². The van der Waals surface area contributed by atoms with Crippen molar-refractivity contribution >= 4 is 29.9 Å². The van der Waals surface area contributed by atoms with Crippen LogP contribution in [-0.2, 0) is 13.6 Å². The number of hydrogen-bond acceptors (Lipinski definition) is 2. The third kappa shape index (κ3) is 8.34. The number of nitrogens with zero attached hydrogens (tertiary/aromatic N) is 2. The summed E-state index contributed by atoms with van der Waals surface area (Å²) in [5.41, 5.74) is 2.43. The van der Waals surface area contributed by atoms with Gasteiger partial charge >= 0.3 is 0 Å². The van der Waals surface area contributed by atoms with Gasteiger partial charge in [-0.2, -0.15) is 0 Å². The van der Waals surface area contributed by atoms with E-state index in [1.165, 1.54) is 11.1 Å². The Hall–Kier alpha value is -1.54. The largest absolute Gasteiger partial charge is 0.357 e. The van der Waals surface area contributed by atoms with Crippen molar-refractivity contribution in [2.45, 2.75) is 45.8 Å². The maximum atomic E-state index is 4.69. The van der Waals surface area contributed by atoms with E-state index < -0.39 is 0 Å². The highest BCUT2D eigenvalue weighted by Crippen LogP contribution is 2.15. The van der Waals surface area contributed by atoms with Gasteiger partial charge < -0.3 is 20.5 Å². The molecule has 0 aliphatic carbocycles. The molecule has 1 aromatic heterocycles. The molecular weight excluding hydrogens is 449 g/mol. The first-order valence-corrected chi connectivity index (χ1v) is 9.35. The summed E-state index contributed by atoms with van der Waals surface area (Å²) in [6.07, 6.45) is 4.14. The van der Waals surface area contributed by atoms with Crippen LogP contribution in [-0.4, -0.2) is 29.2 Å². The average molecular weight is 483 g/mol. The second-order valence-corrected chi connectivity index (χ2v) is 7.39. The number of aromatic nitrogens is 1. The summed E-state index contributed by atoms with van der Waals surface area (Å²) in [7, 11) is 2.03. The second-order valence-electron chi connectivity index (χ2n) is 7.39. The number of guanidine groups is 1. The minimum atomic E-state index is -0.0712. The van der Waals surface area contributed by atoms with Gasteiger partial charge in [0.2, 0.25) is 0 Å². The van der Waals surface area contributed by atoms with Crippen LogP contribution >= 0.6 is 24.0 Å². The Morgan fingerprint density at radius 3 is 2.44 bits per heavy atom. The molecule has 2 rings (SSSR count). The van der Waals surface area contributed by atoms with E-state index >= 15 is 0 Å². The Morgan fingerprint density at radius 2 is 1.85 bits per heavy atom. The lowest BCUT2D eigenvalue weighted by molar-refractivity contribution is 0.345. The monoisotopic (exact) mass is 483 g/mol. The topological polar surface area (TPSA) is 53.4 Å². The van der Waals surface area contributed by atoms with Crippen LogP contribution < -0.4 is 16.0 Å². The number of benzene rings is 1. The molecule has 1 atom stereocenters. The Morgan fingerprint density at radius 1 is 1.15 bits per heavy atom. The molecule has 5 nitrogen and oxygen atoms in total. The predicted molar refractivity (Wildman–Crippen MR) is 126 cm³/mol. The molecule has 3 N–H and O–H groups in total. The van der Waals surface area contributed by atoms with E-state index in [2.05, 4.69) is 86.2 Å². The number of aliphatic imine (C=N–C) groups is 1. The molecule has 0 aliphatic heterocycles. The number of halogens is 1. The zero-order valence-electron chi connectivity index (χ0n) is 17.1. The van der Waals surface area contributed by atoms with Crippen molar-refractivity contribution in [2.24, 2.45) is 12.0 Å². The van der Waals surface area contributed by atoms with Crippen LogP contribution in [0.25, 0.3) is 0 Å². The van der Waals surface area contributed by atoms with E-state index in [4.69, 9.17) is 4.99 Å². The fourth-order valence-corrected chi connectivity index (χ4v) is 2.93. The third-order valence-electron chi connectivity index (χ3n) is 4.26. The van der Waals surface area contributed by atoms with Crippen LogP contribution in [0.15, 0.2) is 53.8 Å². The van der Waals surface area contributed by atoms with E-state index in [1.807, 2.05) is 17.8 Å². The molecule has 0 radical (unpaired) electrons. The normalized spacial score (nSPS) is 13.0. The first kappa shape index (κ1) is 23.5. The average Bonchev–Trinajstić information content (AvgIpc) is 3.03. The van der Waals surface area contributed by atoms with Crippen molar-refractivity contribution in [3.8, 4) is 0 Å². The lowest BCUT2D eigenvalue weighted by Gasteiger charge is -2.31. The maximum Gasteiger partial charge on any atom is 0.191 e. The summed E-state index contributed by atoms with van der Waals surface area (Å²) in [5, 5.41) is 10.5. The van der Waals surface area contributed by atoms with Gasteiger partial charge in [-0.05, 0) is 44.9 Å². The van der Waals surface area contributed by atoms with Crippen LogP contribution in [0.2, 0.25) is 0 Å². The van der Waals surface area contributed by atoms with E-state index in [1.54, 1.807) is 0 Å². The molecule has 1 aromatic carbocycles. The SMILES string of the molecule is CCNC(=NCc1ccn(C)c1)NCC(C)(C)NC(C)c1ccccc1.I. The molecule has 150 valence electrons. The first-order chi connectivity index (χ1) is 12.4. The minimum Gasteiger partial charge on any atom is -0.357 e. The van der Waals surface area contributed by atoms with Crippen LogP contribution in [0.3, 0.4) is 0 Å². The van der Waals surface area contributed by atoms with Gasteiger partial charge in [-0.25, -0.2) is 4.99 Å². The molecule has 27 heavy (non-hydrogen) atoms. The third-order valence-corrected chi connectivity index (χ3v) is 4.26. The standard InChI is InChI=1S/C21H33N5.HI/c1-6-22-20(23-14-18-12-13-26(5)15-18)24-16-21(3,4)25-17(2)19-10-8-7-9-11-19;/h7-13,15,17,25H,6,14,16H2,1-5H3,(H2,22,23,24);1H. The minimum absolute atomic E-state index is 0. The molecule has 0 spiro atoms. The summed E-state index contributed by atoms with van der Waals surface area (Å²) in [4.78, 5) is 4.69. The van der Waals surface area contributed by atoms with Crippen molar-refractivity contribution in [3.05, 3.63) is 59.9 Å². The molecule has 0 saturated carbocycles. The highest BCUT2D eigenvalue weighted by atomic mass is 127. The number of nitrogens with one attached hydrogen (secondary N) is 3. The molecule has 6 heteroatoms. The van der Waals surface area contributed by atoms with E-state index in [0.29, 0.717) is 6.54 Å². The van der Waals surface area contributed by atoms with E-state index in [9.17, 15) is 0 Å². The van der Waals surface area contributed by atoms with Crippen LogP contribution in [0.1, 0.15) is 44.9 Å². The Balaban J connectivity index is 0.00000364. The number of aryl methyl sites for hydroxylation is 1. The highest BCUT2D eigenvalue weighted by Gasteiger charge is 2.21.